The number of hydrogen-bond donors (Lipinski definition) is 0. The van der Waals surface area contributed by atoms with Crippen LogP contribution in [0.25, 0.3) is 11.1 Å². The molecule has 0 spiro atoms. The summed E-state index contributed by atoms with van der Waals surface area (Å²) in [5, 5.41) is 0. The van der Waals surface area contributed by atoms with Gasteiger partial charge >= 0.3 is 0 Å². The molecule has 0 aliphatic heterocycles. The van der Waals surface area contributed by atoms with Crippen molar-refractivity contribution in [3.05, 3.63) is 94.8 Å². The standard InChI is InChI=1S/C24H23F/c1-2-17-3-5-18(6-4-17)20-7-9-23-16-21(8-10-22(23)15-20)19-11-13-24(25)14-12-19/h3-6,8,10-14,16,20H,2,7,9,15H2,1H3. The summed E-state index contributed by atoms with van der Waals surface area (Å²) in [5.74, 6) is 0.439. The largest absolute Gasteiger partial charge is 0.207 e. The summed E-state index contributed by atoms with van der Waals surface area (Å²) in [7, 11) is 0. The first-order chi connectivity index (χ1) is 12.2. The zero-order valence-corrected chi connectivity index (χ0v) is 14.6. The number of halogens is 1. The molecule has 0 amide bonds. The van der Waals surface area contributed by atoms with Gasteiger partial charge in [0.25, 0.3) is 0 Å². The van der Waals surface area contributed by atoms with Gasteiger partial charge in [-0.1, -0.05) is 61.5 Å². The van der Waals surface area contributed by atoms with Crippen molar-refractivity contribution in [2.24, 2.45) is 0 Å². The average molecular weight is 330 g/mol. The minimum absolute atomic E-state index is 0.182. The molecule has 0 aromatic heterocycles. The maximum absolute atomic E-state index is 13.1. The molecule has 0 saturated heterocycles. The maximum atomic E-state index is 13.1. The van der Waals surface area contributed by atoms with Crippen molar-refractivity contribution in [3.63, 3.8) is 0 Å². The van der Waals surface area contributed by atoms with E-state index in [2.05, 4.69) is 49.4 Å². The second kappa shape index (κ2) is 6.84. The molecule has 0 saturated carbocycles. The molecular formula is C24H23F. The maximum Gasteiger partial charge on any atom is 0.123 e. The molecule has 1 heteroatoms. The normalized spacial score (nSPS) is 16.5. The number of hydrogen-bond acceptors (Lipinski definition) is 0. The molecule has 0 bridgehead atoms. The summed E-state index contributed by atoms with van der Waals surface area (Å²) in [6, 6.07) is 22.7. The first-order valence-corrected chi connectivity index (χ1v) is 9.19. The van der Waals surface area contributed by atoms with Gasteiger partial charge in [-0.15, -0.1) is 0 Å². The molecular weight excluding hydrogens is 307 g/mol. The molecule has 0 radical (unpaired) electrons. The predicted molar refractivity (Wildman–Crippen MR) is 102 cm³/mol. The summed E-state index contributed by atoms with van der Waals surface area (Å²) in [4.78, 5) is 0. The first kappa shape index (κ1) is 16.1. The van der Waals surface area contributed by atoms with Crippen LogP contribution in [0.1, 0.15) is 41.5 Å². The number of fused-ring (bicyclic) bond motifs is 1. The lowest BCUT2D eigenvalue weighted by atomic mass is 9.79. The smallest absolute Gasteiger partial charge is 0.123 e. The Morgan fingerprint density at radius 2 is 1.56 bits per heavy atom. The molecule has 3 aromatic carbocycles. The summed E-state index contributed by atoms with van der Waals surface area (Å²) in [5.41, 5.74) is 8.05. The highest BCUT2D eigenvalue weighted by atomic mass is 19.1. The Hall–Kier alpha value is -2.41. The van der Waals surface area contributed by atoms with Crippen molar-refractivity contribution in [2.75, 3.05) is 0 Å². The van der Waals surface area contributed by atoms with Gasteiger partial charge < -0.3 is 0 Å². The number of rotatable bonds is 3. The Bertz CT molecular complexity index is 860. The third-order valence-corrected chi connectivity index (χ3v) is 5.47. The van der Waals surface area contributed by atoms with Gasteiger partial charge in [0.05, 0.1) is 0 Å². The van der Waals surface area contributed by atoms with Crippen molar-refractivity contribution in [1.82, 2.24) is 0 Å². The van der Waals surface area contributed by atoms with Crippen LogP contribution in [0, 0.1) is 5.82 Å². The second-order valence-electron chi connectivity index (χ2n) is 7.03. The van der Waals surface area contributed by atoms with Crippen molar-refractivity contribution < 1.29 is 4.39 Å². The van der Waals surface area contributed by atoms with E-state index in [-0.39, 0.29) is 5.82 Å². The molecule has 0 nitrogen and oxygen atoms in total. The van der Waals surface area contributed by atoms with Crippen LogP contribution in [-0.2, 0) is 19.3 Å². The average Bonchev–Trinajstić information content (AvgIpc) is 2.68. The predicted octanol–water partition coefficient (Wildman–Crippen LogP) is 6.33. The lowest BCUT2D eigenvalue weighted by molar-refractivity contribution is 0.585. The zero-order valence-electron chi connectivity index (χ0n) is 14.6. The van der Waals surface area contributed by atoms with Gasteiger partial charge in [0.15, 0.2) is 0 Å². The van der Waals surface area contributed by atoms with E-state index in [9.17, 15) is 4.39 Å². The van der Waals surface area contributed by atoms with Gasteiger partial charge in [-0.2, -0.15) is 0 Å². The fourth-order valence-corrected chi connectivity index (χ4v) is 3.89. The quantitative estimate of drug-likeness (QED) is 0.526. The molecule has 3 aromatic rings. The minimum Gasteiger partial charge on any atom is -0.207 e. The van der Waals surface area contributed by atoms with Crippen molar-refractivity contribution >= 4 is 0 Å². The highest BCUT2D eigenvalue weighted by Gasteiger charge is 2.20. The van der Waals surface area contributed by atoms with Crippen molar-refractivity contribution in [2.45, 2.75) is 38.5 Å². The van der Waals surface area contributed by atoms with E-state index in [1.54, 1.807) is 0 Å². The Morgan fingerprint density at radius 3 is 2.28 bits per heavy atom. The molecule has 25 heavy (non-hydrogen) atoms. The van der Waals surface area contributed by atoms with Gasteiger partial charge in [0, 0.05) is 0 Å². The van der Waals surface area contributed by atoms with Gasteiger partial charge in [0.2, 0.25) is 0 Å². The monoisotopic (exact) mass is 330 g/mol. The molecule has 1 aliphatic rings. The van der Waals surface area contributed by atoms with E-state index >= 15 is 0 Å². The third-order valence-electron chi connectivity index (χ3n) is 5.47. The van der Waals surface area contributed by atoms with E-state index in [1.807, 2.05) is 12.1 Å². The second-order valence-corrected chi connectivity index (χ2v) is 7.03. The fourth-order valence-electron chi connectivity index (χ4n) is 3.89. The van der Waals surface area contributed by atoms with Gasteiger partial charge in [-0.25, -0.2) is 4.39 Å². The molecule has 0 heterocycles. The molecule has 4 rings (SSSR count). The molecule has 1 aliphatic carbocycles. The Kier molecular flexibility index (Phi) is 4.40. The Labute approximate surface area is 149 Å². The van der Waals surface area contributed by atoms with Gasteiger partial charge in [-0.3, -0.25) is 0 Å². The Morgan fingerprint density at radius 1 is 0.840 bits per heavy atom. The summed E-state index contributed by atoms with van der Waals surface area (Å²) in [6.07, 6.45) is 4.53. The lowest BCUT2D eigenvalue weighted by Gasteiger charge is -2.26. The molecule has 1 unspecified atom stereocenters. The zero-order chi connectivity index (χ0) is 17.2. The van der Waals surface area contributed by atoms with Crippen LogP contribution in [0.15, 0.2) is 66.7 Å². The van der Waals surface area contributed by atoms with Crippen LogP contribution in [0.2, 0.25) is 0 Å². The highest BCUT2D eigenvalue weighted by Crippen LogP contribution is 2.35. The van der Waals surface area contributed by atoms with E-state index in [0.29, 0.717) is 5.92 Å². The van der Waals surface area contributed by atoms with Gasteiger partial charge in [-0.05, 0) is 77.1 Å². The number of benzene rings is 3. The van der Waals surface area contributed by atoms with Crippen LogP contribution < -0.4 is 0 Å². The Balaban J connectivity index is 1.56. The first-order valence-electron chi connectivity index (χ1n) is 9.19. The van der Waals surface area contributed by atoms with Crippen LogP contribution in [-0.4, -0.2) is 0 Å². The van der Waals surface area contributed by atoms with Crippen LogP contribution in [0.3, 0.4) is 0 Å². The highest BCUT2D eigenvalue weighted by molar-refractivity contribution is 5.65. The van der Waals surface area contributed by atoms with Crippen LogP contribution in [0.4, 0.5) is 4.39 Å². The third kappa shape index (κ3) is 3.37. The van der Waals surface area contributed by atoms with E-state index in [4.69, 9.17) is 0 Å². The summed E-state index contributed by atoms with van der Waals surface area (Å²) < 4.78 is 13.1. The minimum atomic E-state index is -0.182. The molecule has 0 fully saturated rings. The molecule has 126 valence electrons. The van der Waals surface area contributed by atoms with Crippen molar-refractivity contribution in [1.29, 1.82) is 0 Å². The van der Waals surface area contributed by atoms with Crippen LogP contribution >= 0.6 is 0 Å². The fraction of sp³-hybridized carbons (Fsp3) is 0.250. The SMILES string of the molecule is CCc1ccc(C2CCc3cc(-c4ccc(F)cc4)ccc3C2)cc1. The van der Waals surface area contributed by atoms with E-state index in [1.165, 1.54) is 46.4 Å². The summed E-state index contributed by atoms with van der Waals surface area (Å²) in [6.45, 7) is 2.20. The van der Waals surface area contributed by atoms with Gasteiger partial charge in [0.1, 0.15) is 5.82 Å². The molecule has 1 atom stereocenters. The van der Waals surface area contributed by atoms with E-state index < -0.39 is 0 Å². The number of aryl methyl sites for hydroxylation is 2. The van der Waals surface area contributed by atoms with Crippen LogP contribution in [0.5, 0.6) is 0 Å². The molecule has 0 N–H and O–H groups in total. The van der Waals surface area contributed by atoms with Crippen molar-refractivity contribution in [3.8, 4) is 11.1 Å². The van der Waals surface area contributed by atoms with E-state index in [0.717, 1.165) is 24.8 Å². The topological polar surface area (TPSA) is 0 Å². The summed E-state index contributed by atoms with van der Waals surface area (Å²) >= 11 is 0. The lowest BCUT2D eigenvalue weighted by Crippen LogP contribution is -2.12.